The van der Waals surface area contributed by atoms with Crippen LogP contribution in [-0.2, 0) is 4.79 Å². The molecule has 3 rings (SSSR count). The number of benzene rings is 2. The highest BCUT2D eigenvalue weighted by molar-refractivity contribution is 14.1. The van der Waals surface area contributed by atoms with Gasteiger partial charge in [0.05, 0.1) is 26.3 Å². The fraction of sp³-hybridized carbons (Fsp3) is 0.190. The Morgan fingerprint density at radius 1 is 1.30 bits per heavy atom. The van der Waals surface area contributed by atoms with Crippen LogP contribution in [0.3, 0.4) is 0 Å². The van der Waals surface area contributed by atoms with Gasteiger partial charge in [-0.1, -0.05) is 6.07 Å². The Labute approximate surface area is 191 Å². The maximum absolute atomic E-state index is 12.9. The lowest BCUT2D eigenvalue weighted by atomic mass is 10.2. The zero-order valence-electron chi connectivity index (χ0n) is 16.3. The second-order valence-corrected chi connectivity index (χ2v) is 8.36. The summed E-state index contributed by atoms with van der Waals surface area (Å²) in [5.41, 5.74) is 1.32. The summed E-state index contributed by atoms with van der Waals surface area (Å²) in [5.74, 6) is -0.789. The molecule has 0 unspecified atom stereocenters. The summed E-state index contributed by atoms with van der Waals surface area (Å²) >= 11 is 3.23. The highest BCUT2D eigenvalue weighted by Crippen LogP contribution is 2.37. The number of nitrogens with zero attached hydrogens (tertiary/aromatic N) is 2. The second kappa shape index (κ2) is 9.52. The van der Waals surface area contributed by atoms with Crippen molar-refractivity contribution in [2.45, 2.75) is 13.8 Å². The van der Waals surface area contributed by atoms with Gasteiger partial charge in [0.2, 0.25) is 0 Å². The average Bonchev–Trinajstić information content (AvgIpc) is 3.00. The van der Waals surface area contributed by atoms with Crippen LogP contribution < -0.4 is 4.74 Å². The number of ether oxygens (including phenoxy) is 1. The van der Waals surface area contributed by atoms with Crippen LogP contribution in [0.5, 0.6) is 11.5 Å². The summed E-state index contributed by atoms with van der Waals surface area (Å²) < 4.78 is 6.08. The molecule has 1 aliphatic rings. The molecule has 0 spiro atoms. The van der Waals surface area contributed by atoms with Crippen LogP contribution in [0.4, 0.5) is 5.69 Å². The molecule has 1 saturated heterocycles. The van der Waals surface area contributed by atoms with Gasteiger partial charge in [0, 0.05) is 6.54 Å². The zero-order chi connectivity index (χ0) is 21.8. The van der Waals surface area contributed by atoms with E-state index in [0.29, 0.717) is 38.2 Å². The molecule has 30 heavy (non-hydrogen) atoms. The number of likely N-dealkylation sites (N-methyl/N-ethyl adjacent to an activating group) is 1. The number of carboxylic acids is 1. The van der Waals surface area contributed by atoms with Crippen LogP contribution in [0.25, 0.3) is 6.08 Å². The normalized spacial score (nSPS) is 16.5. The van der Waals surface area contributed by atoms with Gasteiger partial charge in [0.15, 0.2) is 16.7 Å². The number of carboxylic acid groups (broad SMARTS) is 1. The predicted octanol–water partition coefficient (Wildman–Crippen LogP) is 4.72. The van der Waals surface area contributed by atoms with E-state index in [1.807, 2.05) is 36.4 Å². The third-order valence-electron chi connectivity index (χ3n) is 4.17. The molecule has 156 valence electrons. The smallest absolute Gasteiger partial charge is 0.335 e. The minimum Gasteiger partial charge on any atom is -0.504 e. The first kappa shape index (κ1) is 22.2. The van der Waals surface area contributed by atoms with Crippen LogP contribution >= 0.6 is 34.4 Å². The van der Waals surface area contributed by atoms with Gasteiger partial charge in [-0.3, -0.25) is 9.69 Å². The summed E-state index contributed by atoms with van der Waals surface area (Å²) in [6.07, 6.45) is 1.73. The summed E-state index contributed by atoms with van der Waals surface area (Å²) in [7, 11) is 0. The van der Waals surface area contributed by atoms with Gasteiger partial charge in [-0.25, -0.2) is 9.79 Å². The maximum atomic E-state index is 12.9. The van der Waals surface area contributed by atoms with Crippen molar-refractivity contribution in [1.29, 1.82) is 0 Å². The lowest BCUT2D eigenvalue weighted by Crippen LogP contribution is -2.28. The molecule has 2 aromatic rings. The van der Waals surface area contributed by atoms with Crippen LogP contribution in [0.15, 0.2) is 46.3 Å². The van der Waals surface area contributed by atoms with E-state index < -0.39 is 5.97 Å². The Morgan fingerprint density at radius 3 is 2.73 bits per heavy atom. The monoisotopic (exact) mass is 538 g/mol. The van der Waals surface area contributed by atoms with Gasteiger partial charge < -0.3 is 14.9 Å². The van der Waals surface area contributed by atoms with Gasteiger partial charge in [-0.05, 0) is 90.2 Å². The third kappa shape index (κ3) is 4.78. The molecule has 1 heterocycles. The highest BCUT2D eigenvalue weighted by atomic mass is 127. The number of amides is 1. The number of hydrogen-bond donors (Lipinski definition) is 2. The molecule has 0 aromatic heterocycles. The lowest BCUT2D eigenvalue weighted by Gasteiger charge is -2.12. The molecule has 9 heteroatoms. The van der Waals surface area contributed by atoms with Crippen LogP contribution in [0.1, 0.15) is 29.8 Å². The fourth-order valence-corrected chi connectivity index (χ4v) is 4.47. The van der Waals surface area contributed by atoms with E-state index in [-0.39, 0.29) is 17.2 Å². The van der Waals surface area contributed by atoms with Gasteiger partial charge in [-0.2, -0.15) is 0 Å². The number of aliphatic imine (C=N–C) groups is 1. The van der Waals surface area contributed by atoms with E-state index in [0.717, 1.165) is 5.56 Å². The maximum Gasteiger partial charge on any atom is 0.335 e. The van der Waals surface area contributed by atoms with Crippen LogP contribution in [0, 0.1) is 3.57 Å². The van der Waals surface area contributed by atoms with Crippen molar-refractivity contribution in [3.8, 4) is 11.5 Å². The van der Waals surface area contributed by atoms with Gasteiger partial charge in [0.25, 0.3) is 5.91 Å². The largest absolute Gasteiger partial charge is 0.504 e. The molecule has 1 fully saturated rings. The molecule has 1 amide bonds. The quantitative estimate of drug-likeness (QED) is 0.408. The van der Waals surface area contributed by atoms with Crippen molar-refractivity contribution < 1.29 is 24.5 Å². The van der Waals surface area contributed by atoms with E-state index in [1.54, 1.807) is 35.2 Å². The lowest BCUT2D eigenvalue weighted by molar-refractivity contribution is -0.122. The van der Waals surface area contributed by atoms with Crippen molar-refractivity contribution in [3.63, 3.8) is 0 Å². The molecule has 0 radical (unpaired) electrons. The van der Waals surface area contributed by atoms with Crippen molar-refractivity contribution in [2.75, 3.05) is 13.2 Å². The Kier molecular flexibility index (Phi) is 7.03. The predicted molar refractivity (Wildman–Crippen MR) is 125 cm³/mol. The molecule has 2 N–H and O–H groups in total. The minimum atomic E-state index is -1.04. The third-order valence-corrected chi connectivity index (χ3v) is 6.00. The minimum absolute atomic E-state index is 0.0701. The first-order valence-corrected chi connectivity index (χ1v) is 11.0. The van der Waals surface area contributed by atoms with Crippen molar-refractivity contribution >= 4 is 63.2 Å². The molecule has 0 aliphatic carbocycles. The number of halogens is 1. The topological polar surface area (TPSA) is 99.4 Å². The number of carbonyl (C=O) groups excluding carboxylic acids is 1. The van der Waals surface area contributed by atoms with Gasteiger partial charge >= 0.3 is 5.97 Å². The number of thioether (sulfide) groups is 1. The second-order valence-electron chi connectivity index (χ2n) is 6.19. The molecule has 0 bridgehead atoms. The van der Waals surface area contributed by atoms with Gasteiger partial charge in [0.1, 0.15) is 0 Å². The molecule has 1 aliphatic heterocycles. The number of phenolic OH excluding ortho intramolecular Hbond substituents is 1. The van der Waals surface area contributed by atoms with Crippen molar-refractivity contribution in [2.24, 2.45) is 4.99 Å². The Bertz CT molecular complexity index is 1070. The van der Waals surface area contributed by atoms with Gasteiger partial charge in [-0.15, -0.1) is 0 Å². The van der Waals surface area contributed by atoms with E-state index >= 15 is 0 Å². The highest BCUT2D eigenvalue weighted by Gasteiger charge is 2.32. The standard InChI is InChI=1S/C21H19IN2O5S/c1-3-24-19(26)17(10-12-8-15(22)18(25)16(9-12)29-4-2)30-21(24)23-14-7-5-6-13(11-14)20(27)28/h5-11,25H,3-4H2,1-2H3,(H,27,28)/b17-10-,23-21?. The number of carbonyl (C=O) groups is 2. The number of rotatable bonds is 6. The Morgan fingerprint density at radius 2 is 2.07 bits per heavy atom. The summed E-state index contributed by atoms with van der Waals surface area (Å²) in [6, 6.07) is 9.71. The number of amidine groups is 1. The molecule has 7 nitrogen and oxygen atoms in total. The summed E-state index contributed by atoms with van der Waals surface area (Å²) in [5, 5.41) is 19.8. The average molecular weight is 538 g/mol. The Hall–Kier alpha value is -2.53. The summed E-state index contributed by atoms with van der Waals surface area (Å²) in [6.45, 7) is 4.52. The van der Waals surface area contributed by atoms with Crippen molar-refractivity contribution in [3.05, 3.63) is 56.0 Å². The van der Waals surface area contributed by atoms with Crippen LogP contribution in [-0.4, -0.2) is 45.3 Å². The number of phenols is 1. The zero-order valence-corrected chi connectivity index (χ0v) is 19.2. The van der Waals surface area contributed by atoms with Crippen LogP contribution in [0.2, 0.25) is 0 Å². The Balaban J connectivity index is 1.96. The van der Waals surface area contributed by atoms with E-state index in [1.165, 1.54) is 23.9 Å². The van der Waals surface area contributed by atoms with E-state index in [9.17, 15) is 14.7 Å². The number of hydrogen-bond acceptors (Lipinski definition) is 6. The first-order chi connectivity index (χ1) is 14.3. The molecule has 2 aromatic carbocycles. The molecule has 0 atom stereocenters. The molecular weight excluding hydrogens is 519 g/mol. The molecule has 0 saturated carbocycles. The fourth-order valence-electron chi connectivity index (χ4n) is 2.78. The van der Waals surface area contributed by atoms with Crippen molar-refractivity contribution in [1.82, 2.24) is 4.90 Å². The molecular formula is C21H19IN2O5S. The number of aromatic carboxylic acids is 1. The van der Waals surface area contributed by atoms with E-state index in [4.69, 9.17) is 9.84 Å². The SMILES string of the molecule is CCOc1cc(/C=C2\SC(=Nc3cccc(C(=O)O)c3)N(CC)C2=O)cc(I)c1O. The first-order valence-electron chi connectivity index (χ1n) is 9.12. The summed E-state index contributed by atoms with van der Waals surface area (Å²) in [4.78, 5) is 30.6. The number of aromatic hydroxyl groups is 1. The van der Waals surface area contributed by atoms with E-state index in [2.05, 4.69) is 4.99 Å².